The lowest BCUT2D eigenvalue weighted by Gasteiger charge is -2.37. The maximum atomic E-state index is 12.5. The maximum absolute atomic E-state index is 12.5. The molecule has 6 rings (SSSR count). The SMILES string of the molecule is C=S(C)(=O)NC(=O)C(=O)NC1[C@@H]2CC[C@H]1CN(c1nnc(-c3cnc(-c4ccc5cc(C#N)cnn45)cc3NC(C)C)s1)C2. The van der Waals surface area contributed by atoms with E-state index in [0.717, 1.165) is 51.1 Å². The van der Waals surface area contributed by atoms with Crippen molar-refractivity contribution in [2.75, 3.05) is 29.6 Å². The molecular formula is C29H32N10O3S2. The van der Waals surface area contributed by atoms with Crippen LogP contribution >= 0.6 is 11.3 Å². The molecule has 2 unspecified atom stereocenters. The summed E-state index contributed by atoms with van der Waals surface area (Å²) < 4.78 is 15.7. The number of hydrogen-bond donors (Lipinski definition) is 3. The van der Waals surface area contributed by atoms with E-state index in [1.165, 1.54) is 23.8 Å². The number of piperidine rings is 1. The van der Waals surface area contributed by atoms with Gasteiger partial charge in [-0.1, -0.05) is 11.3 Å². The van der Waals surface area contributed by atoms with E-state index in [4.69, 9.17) is 4.98 Å². The molecule has 228 valence electrons. The molecule has 2 fully saturated rings. The molecule has 2 aliphatic rings. The molecule has 2 amide bonds. The number of aromatic nitrogens is 5. The van der Waals surface area contributed by atoms with Crippen molar-refractivity contribution in [1.29, 1.82) is 5.26 Å². The number of amides is 2. The van der Waals surface area contributed by atoms with Crippen LogP contribution in [0.5, 0.6) is 0 Å². The molecule has 4 atom stereocenters. The van der Waals surface area contributed by atoms with Crippen LogP contribution in [0.25, 0.3) is 27.5 Å². The van der Waals surface area contributed by atoms with Gasteiger partial charge >= 0.3 is 11.8 Å². The molecule has 0 aromatic carbocycles. The van der Waals surface area contributed by atoms with Crippen LogP contribution in [0.15, 0.2) is 36.7 Å². The third-order valence-electron chi connectivity index (χ3n) is 7.80. The summed E-state index contributed by atoms with van der Waals surface area (Å²) >= 11 is 1.49. The second-order valence-corrected chi connectivity index (χ2v) is 14.8. The number of pyridine rings is 1. The Morgan fingerprint density at radius 2 is 1.89 bits per heavy atom. The smallest absolute Gasteiger partial charge is 0.320 e. The molecule has 1 saturated carbocycles. The van der Waals surface area contributed by atoms with Crippen molar-refractivity contribution in [3.63, 3.8) is 0 Å². The molecule has 0 radical (unpaired) electrons. The lowest BCUT2D eigenvalue weighted by Crippen LogP contribution is -2.55. The number of carbonyl (C=O) groups excluding carboxylic acids is 2. The van der Waals surface area contributed by atoms with Gasteiger partial charge in [0.25, 0.3) is 0 Å². The largest absolute Gasteiger partial charge is 0.382 e. The number of fused-ring (bicyclic) bond motifs is 3. The van der Waals surface area contributed by atoms with Crippen LogP contribution in [0.2, 0.25) is 0 Å². The van der Waals surface area contributed by atoms with Gasteiger partial charge in [0.15, 0.2) is 5.01 Å². The van der Waals surface area contributed by atoms with E-state index in [0.29, 0.717) is 18.7 Å². The summed E-state index contributed by atoms with van der Waals surface area (Å²) in [5, 5.41) is 30.6. The van der Waals surface area contributed by atoms with Crippen molar-refractivity contribution in [1.82, 2.24) is 34.8 Å². The molecule has 4 aromatic heterocycles. The Balaban J connectivity index is 1.21. The van der Waals surface area contributed by atoms with Gasteiger partial charge in [-0.2, -0.15) is 10.4 Å². The van der Waals surface area contributed by atoms with Crippen molar-refractivity contribution in [2.24, 2.45) is 11.8 Å². The quantitative estimate of drug-likeness (QED) is 0.203. The third kappa shape index (κ3) is 5.95. The Morgan fingerprint density at radius 3 is 2.57 bits per heavy atom. The van der Waals surface area contributed by atoms with E-state index in [-0.39, 0.29) is 23.9 Å². The average molecular weight is 633 g/mol. The highest BCUT2D eigenvalue weighted by Crippen LogP contribution is 2.41. The van der Waals surface area contributed by atoms with Gasteiger partial charge in [0.05, 0.1) is 34.2 Å². The van der Waals surface area contributed by atoms with Crippen LogP contribution in [0, 0.1) is 23.2 Å². The van der Waals surface area contributed by atoms with Gasteiger partial charge in [0.2, 0.25) is 5.13 Å². The van der Waals surface area contributed by atoms with Gasteiger partial charge in [-0.3, -0.25) is 19.3 Å². The second-order valence-electron chi connectivity index (χ2n) is 11.7. The monoisotopic (exact) mass is 632 g/mol. The zero-order valence-electron chi connectivity index (χ0n) is 24.5. The predicted octanol–water partition coefficient (Wildman–Crippen LogP) is 2.32. The molecule has 5 heterocycles. The molecule has 0 spiro atoms. The van der Waals surface area contributed by atoms with E-state index in [2.05, 4.69) is 61.3 Å². The average Bonchev–Trinajstić information content (AvgIpc) is 3.67. The van der Waals surface area contributed by atoms with Gasteiger partial charge in [-0.15, -0.1) is 10.2 Å². The zero-order valence-corrected chi connectivity index (χ0v) is 26.1. The maximum Gasteiger partial charge on any atom is 0.320 e. The number of rotatable bonds is 7. The summed E-state index contributed by atoms with van der Waals surface area (Å²) in [6.07, 6.45) is 6.46. The molecule has 1 aliphatic heterocycles. The Morgan fingerprint density at radius 1 is 1.14 bits per heavy atom. The lowest BCUT2D eigenvalue weighted by molar-refractivity contribution is -0.138. The number of nitrogens with zero attached hydrogens (tertiary/aromatic N) is 7. The van der Waals surface area contributed by atoms with Gasteiger partial charge < -0.3 is 15.5 Å². The molecule has 44 heavy (non-hydrogen) atoms. The minimum atomic E-state index is -2.83. The molecule has 2 bridgehead atoms. The number of nitriles is 1. The highest BCUT2D eigenvalue weighted by molar-refractivity contribution is 7.98. The van der Waals surface area contributed by atoms with E-state index in [1.807, 2.05) is 18.2 Å². The molecule has 1 saturated heterocycles. The van der Waals surface area contributed by atoms with Gasteiger partial charge in [0.1, 0.15) is 6.07 Å². The highest BCUT2D eigenvalue weighted by atomic mass is 32.2. The summed E-state index contributed by atoms with van der Waals surface area (Å²) in [5.74, 6) is 1.97. The minimum absolute atomic E-state index is 0.140. The van der Waals surface area contributed by atoms with Crippen LogP contribution in [-0.2, 0) is 19.3 Å². The van der Waals surface area contributed by atoms with Gasteiger partial charge in [-0.05, 0) is 68.7 Å². The molecule has 1 aliphatic carbocycles. The first-order valence-electron chi connectivity index (χ1n) is 14.2. The number of nitrogens with one attached hydrogen (secondary N) is 3. The van der Waals surface area contributed by atoms with Crippen molar-refractivity contribution < 1.29 is 13.8 Å². The Kier molecular flexibility index (Phi) is 7.72. The van der Waals surface area contributed by atoms with Crippen LogP contribution in [-0.4, -0.2) is 78.1 Å². The lowest BCUT2D eigenvalue weighted by atomic mass is 9.92. The standard InChI is InChI=1S/C29H32N10O3S2/c1-16(2)33-22-10-23(24-8-7-20-9-17(11-30)12-32-39(20)24)31-13-21(22)28-35-36-29(43-28)38-14-18-5-6-19(15-38)25(18)34-26(40)27(41)37-44(3,4)42/h7-10,12-13,16,18-19,25H,3,5-6,14-15H2,1-2,4H3,(H,31,33)(H,34,40)(H,37,41,42)/t18-,19+,25?,44?. The van der Waals surface area contributed by atoms with Crippen molar-refractivity contribution >= 4 is 55.1 Å². The van der Waals surface area contributed by atoms with E-state index in [1.54, 1.807) is 16.8 Å². The number of carbonyl (C=O) groups is 2. The summed E-state index contributed by atoms with van der Waals surface area (Å²) in [6.45, 7) is 5.48. The second kappa shape index (κ2) is 11.5. The topological polar surface area (TPSA) is 170 Å². The fourth-order valence-electron chi connectivity index (χ4n) is 5.98. The van der Waals surface area contributed by atoms with Crippen molar-refractivity contribution in [3.05, 3.63) is 42.2 Å². The molecule has 13 nitrogen and oxygen atoms in total. The summed E-state index contributed by atoms with van der Waals surface area (Å²) in [4.78, 5) is 31.6. The van der Waals surface area contributed by atoms with Crippen LogP contribution < -0.4 is 20.3 Å². The minimum Gasteiger partial charge on any atom is -0.382 e. The van der Waals surface area contributed by atoms with Crippen LogP contribution in [0.3, 0.4) is 0 Å². The number of hydrogen-bond acceptors (Lipinski definition) is 11. The molecular weight excluding hydrogens is 601 g/mol. The van der Waals surface area contributed by atoms with Crippen molar-refractivity contribution in [3.8, 4) is 28.0 Å². The van der Waals surface area contributed by atoms with Crippen LogP contribution in [0.1, 0.15) is 32.3 Å². The molecule has 4 aromatic rings. The van der Waals surface area contributed by atoms with E-state index < -0.39 is 21.5 Å². The first-order valence-corrected chi connectivity index (χ1v) is 17.1. The molecule has 3 N–H and O–H groups in total. The van der Waals surface area contributed by atoms with Crippen molar-refractivity contribution in [2.45, 2.75) is 38.8 Å². The van der Waals surface area contributed by atoms with Gasteiger partial charge in [0, 0.05) is 53.0 Å². The predicted molar refractivity (Wildman–Crippen MR) is 170 cm³/mol. The normalized spacial score (nSPS) is 20.7. The summed E-state index contributed by atoms with van der Waals surface area (Å²) in [5.41, 5.74) is 4.54. The third-order valence-corrected chi connectivity index (χ3v) is 9.44. The zero-order chi connectivity index (χ0) is 31.2. The fraction of sp³-hybridized carbons (Fsp3) is 0.379. The van der Waals surface area contributed by atoms with Crippen LogP contribution in [0.4, 0.5) is 10.8 Å². The first-order chi connectivity index (χ1) is 21.0. The van der Waals surface area contributed by atoms with E-state index >= 15 is 0 Å². The summed E-state index contributed by atoms with van der Waals surface area (Å²) in [7, 11) is -2.83. The highest BCUT2D eigenvalue weighted by Gasteiger charge is 2.44. The Hall–Kier alpha value is -4.55. The Labute approximate surface area is 258 Å². The van der Waals surface area contributed by atoms with E-state index in [9.17, 15) is 19.1 Å². The number of anilines is 2. The summed E-state index contributed by atoms with van der Waals surface area (Å²) in [6, 6.07) is 9.75. The first kappa shape index (κ1) is 29.5. The fourth-order valence-corrected chi connectivity index (χ4v) is 7.35. The Bertz CT molecular complexity index is 1900. The van der Waals surface area contributed by atoms with Gasteiger partial charge in [-0.25, -0.2) is 8.72 Å². The molecule has 15 heteroatoms.